The monoisotopic (exact) mass is 254 g/mol. The first-order chi connectivity index (χ1) is 9.24. The fourth-order valence-corrected chi connectivity index (χ4v) is 2.47. The molecule has 1 heterocycles. The molecule has 3 N–H and O–H groups in total. The molecule has 2 aromatic carbocycles. The third-order valence-corrected chi connectivity index (χ3v) is 3.50. The number of hydrogen-bond donors (Lipinski definition) is 2. The number of ether oxygens (including phenoxy) is 1. The molecule has 0 fully saturated rings. The average Bonchev–Trinajstić information content (AvgIpc) is 2.43. The Hall–Kier alpha value is -2.16. The van der Waals surface area contributed by atoms with Crippen LogP contribution in [0.1, 0.15) is 23.6 Å². The number of nitrogen functional groups attached to an aromatic ring is 1. The number of nitrogens with two attached hydrogens (primary N) is 1. The molecule has 1 unspecified atom stereocenters. The second-order valence-corrected chi connectivity index (χ2v) is 4.96. The number of rotatable bonds is 2. The molecular formula is C16H18N2O. The lowest BCUT2D eigenvalue weighted by atomic mass is 10.00. The highest BCUT2D eigenvalue weighted by molar-refractivity contribution is 5.68. The minimum Gasteiger partial charge on any atom is -0.493 e. The predicted molar refractivity (Wildman–Crippen MR) is 78.5 cm³/mol. The minimum absolute atomic E-state index is 0.258. The Balaban J connectivity index is 1.90. The van der Waals surface area contributed by atoms with E-state index >= 15 is 0 Å². The number of para-hydroxylation sites is 1. The van der Waals surface area contributed by atoms with Gasteiger partial charge in [0.15, 0.2) is 0 Å². The summed E-state index contributed by atoms with van der Waals surface area (Å²) in [5.41, 5.74) is 10.2. The highest BCUT2D eigenvalue weighted by Gasteiger charge is 2.21. The van der Waals surface area contributed by atoms with E-state index in [1.165, 1.54) is 11.1 Å². The maximum atomic E-state index is 6.03. The number of nitrogens with one attached hydrogen (secondary N) is 1. The Bertz CT molecular complexity index is 595. The zero-order valence-electron chi connectivity index (χ0n) is 11.0. The van der Waals surface area contributed by atoms with Crippen molar-refractivity contribution >= 4 is 11.4 Å². The highest BCUT2D eigenvalue weighted by atomic mass is 16.5. The summed E-state index contributed by atoms with van der Waals surface area (Å²) in [6.45, 7) is 2.81. The largest absolute Gasteiger partial charge is 0.493 e. The van der Waals surface area contributed by atoms with Crippen molar-refractivity contribution in [2.75, 3.05) is 17.7 Å². The smallest absolute Gasteiger partial charge is 0.124 e. The van der Waals surface area contributed by atoms with Crippen molar-refractivity contribution in [3.05, 3.63) is 53.6 Å². The van der Waals surface area contributed by atoms with Crippen molar-refractivity contribution in [3.63, 3.8) is 0 Å². The van der Waals surface area contributed by atoms with E-state index in [-0.39, 0.29) is 6.04 Å². The molecule has 0 spiro atoms. The first-order valence-corrected chi connectivity index (χ1v) is 6.58. The van der Waals surface area contributed by atoms with Crippen LogP contribution in [0.2, 0.25) is 0 Å². The molecule has 0 aromatic heterocycles. The van der Waals surface area contributed by atoms with Crippen LogP contribution < -0.4 is 15.8 Å². The van der Waals surface area contributed by atoms with Crippen LogP contribution in [0.15, 0.2) is 42.5 Å². The van der Waals surface area contributed by atoms with Gasteiger partial charge in [0.25, 0.3) is 0 Å². The quantitative estimate of drug-likeness (QED) is 0.806. The van der Waals surface area contributed by atoms with Gasteiger partial charge in [0.1, 0.15) is 5.75 Å². The van der Waals surface area contributed by atoms with Crippen LogP contribution in [-0.4, -0.2) is 6.61 Å². The molecule has 2 aromatic rings. The summed E-state index contributed by atoms with van der Waals surface area (Å²) in [6.07, 6.45) is 0.949. The molecular weight excluding hydrogens is 236 g/mol. The van der Waals surface area contributed by atoms with Gasteiger partial charge in [-0.1, -0.05) is 24.3 Å². The molecule has 0 amide bonds. The van der Waals surface area contributed by atoms with Gasteiger partial charge >= 0.3 is 0 Å². The third kappa shape index (κ3) is 2.36. The van der Waals surface area contributed by atoms with E-state index in [0.717, 1.165) is 30.2 Å². The van der Waals surface area contributed by atoms with Crippen molar-refractivity contribution in [1.29, 1.82) is 0 Å². The Morgan fingerprint density at radius 3 is 2.95 bits per heavy atom. The van der Waals surface area contributed by atoms with Crippen LogP contribution in [0.25, 0.3) is 0 Å². The Morgan fingerprint density at radius 2 is 2.05 bits per heavy atom. The van der Waals surface area contributed by atoms with Crippen LogP contribution in [0, 0.1) is 6.92 Å². The Kier molecular flexibility index (Phi) is 3.03. The number of benzene rings is 2. The summed E-state index contributed by atoms with van der Waals surface area (Å²) >= 11 is 0. The molecule has 1 aliphatic heterocycles. The minimum atomic E-state index is 0.258. The van der Waals surface area contributed by atoms with E-state index in [4.69, 9.17) is 10.5 Å². The molecule has 0 aliphatic carbocycles. The van der Waals surface area contributed by atoms with E-state index in [0.29, 0.717) is 0 Å². The number of aryl methyl sites for hydroxylation is 1. The van der Waals surface area contributed by atoms with E-state index in [1.54, 1.807) is 0 Å². The Morgan fingerprint density at radius 1 is 1.21 bits per heavy atom. The normalized spacial score (nSPS) is 17.4. The van der Waals surface area contributed by atoms with Crippen LogP contribution in [0.4, 0.5) is 11.4 Å². The summed E-state index contributed by atoms with van der Waals surface area (Å²) in [6, 6.07) is 14.5. The molecule has 1 atom stereocenters. The molecule has 3 nitrogen and oxygen atoms in total. The van der Waals surface area contributed by atoms with Crippen molar-refractivity contribution in [1.82, 2.24) is 0 Å². The van der Waals surface area contributed by atoms with Crippen molar-refractivity contribution < 1.29 is 4.74 Å². The predicted octanol–water partition coefficient (Wildman–Crippen LogP) is 3.51. The molecule has 3 heteroatoms. The van der Waals surface area contributed by atoms with Gasteiger partial charge in [-0.3, -0.25) is 0 Å². The van der Waals surface area contributed by atoms with Crippen LogP contribution in [0.3, 0.4) is 0 Å². The summed E-state index contributed by atoms with van der Waals surface area (Å²) in [5.74, 6) is 0.970. The number of anilines is 2. The second kappa shape index (κ2) is 4.84. The van der Waals surface area contributed by atoms with Gasteiger partial charge in [0, 0.05) is 12.0 Å². The summed E-state index contributed by atoms with van der Waals surface area (Å²) < 4.78 is 5.67. The summed E-state index contributed by atoms with van der Waals surface area (Å²) in [5, 5.41) is 3.54. The molecule has 3 rings (SSSR count). The van der Waals surface area contributed by atoms with Crippen molar-refractivity contribution in [2.24, 2.45) is 0 Å². The standard InChI is InChI=1S/C16H18N2O/c1-11-6-7-13(17)15(10-11)18-14-8-9-19-16-5-3-2-4-12(14)16/h2-7,10,14,18H,8-9,17H2,1H3. The average molecular weight is 254 g/mol. The van der Waals surface area contributed by atoms with Gasteiger partial charge in [0.2, 0.25) is 0 Å². The Labute approximate surface area is 113 Å². The molecule has 0 radical (unpaired) electrons. The molecule has 0 saturated carbocycles. The zero-order chi connectivity index (χ0) is 13.2. The maximum Gasteiger partial charge on any atom is 0.124 e. The van der Waals surface area contributed by atoms with E-state index in [1.807, 2.05) is 30.3 Å². The topological polar surface area (TPSA) is 47.3 Å². The first-order valence-electron chi connectivity index (χ1n) is 6.58. The zero-order valence-corrected chi connectivity index (χ0v) is 11.0. The molecule has 0 saturated heterocycles. The number of hydrogen-bond acceptors (Lipinski definition) is 3. The van der Waals surface area contributed by atoms with E-state index in [9.17, 15) is 0 Å². The van der Waals surface area contributed by atoms with Crippen LogP contribution in [-0.2, 0) is 0 Å². The fraction of sp³-hybridized carbons (Fsp3) is 0.250. The van der Waals surface area contributed by atoms with Crippen molar-refractivity contribution in [2.45, 2.75) is 19.4 Å². The molecule has 98 valence electrons. The lowest BCUT2D eigenvalue weighted by molar-refractivity contribution is 0.274. The highest BCUT2D eigenvalue weighted by Crippen LogP contribution is 2.35. The van der Waals surface area contributed by atoms with Crippen molar-refractivity contribution in [3.8, 4) is 5.75 Å². The summed E-state index contributed by atoms with van der Waals surface area (Å²) in [7, 11) is 0. The number of fused-ring (bicyclic) bond motifs is 1. The van der Waals surface area contributed by atoms with Crippen LogP contribution in [0.5, 0.6) is 5.75 Å². The van der Waals surface area contributed by atoms with Gasteiger partial charge < -0.3 is 15.8 Å². The van der Waals surface area contributed by atoms with Gasteiger partial charge in [-0.05, 0) is 30.7 Å². The third-order valence-electron chi connectivity index (χ3n) is 3.50. The van der Waals surface area contributed by atoms with Gasteiger partial charge in [-0.2, -0.15) is 0 Å². The molecule has 0 bridgehead atoms. The second-order valence-electron chi connectivity index (χ2n) is 4.96. The van der Waals surface area contributed by atoms with E-state index < -0.39 is 0 Å². The molecule has 1 aliphatic rings. The first kappa shape index (κ1) is 11.9. The van der Waals surface area contributed by atoms with Gasteiger partial charge in [-0.15, -0.1) is 0 Å². The maximum absolute atomic E-state index is 6.03. The SMILES string of the molecule is Cc1ccc(N)c(NC2CCOc3ccccc32)c1. The van der Waals surface area contributed by atoms with Gasteiger partial charge in [0.05, 0.1) is 24.0 Å². The van der Waals surface area contributed by atoms with Gasteiger partial charge in [-0.25, -0.2) is 0 Å². The lowest BCUT2D eigenvalue weighted by Gasteiger charge is -2.28. The van der Waals surface area contributed by atoms with E-state index in [2.05, 4.69) is 24.4 Å². The van der Waals surface area contributed by atoms with Crippen LogP contribution >= 0.6 is 0 Å². The summed E-state index contributed by atoms with van der Waals surface area (Å²) in [4.78, 5) is 0. The lowest BCUT2D eigenvalue weighted by Crippen LogP contribution is -2.20. The molecule has 19 heavy (non-hydrogen) atoms. The fourth-order valence-electron chi connectivity index (χ4n) is 2.47.